The van der Waals surface area contributed by atoms with Gasteiger partial charge in [0.2, 0.25) is 11.8 Å². The molecule has 0 aromatic heterocycles. The average molecular weight is 349 g/mol. The van der Waals surface area contributed by atoms with Gasteiger partial charge in [0.1, 0.15) is 18.6 Å². The Hall–Kier alpha value is -1.81. The maximum atomic E-state index is 12.3. The van der Waals surface area contributed by atoms with E-state index in [-0.39, 0.29) is 24.6 Å². The van der Waals surface area contributed by atoms with Gasteiger partial charge in [-0.1, -0.05) is 0 Å². The van der Waals surface area contributed by atoms with Crippen molar-refractivity contribution in [3.05, 3.63) is 0 Å². The number of rotatable bonds is 10. The highest BCUT2D eigenvalue weighted by Crippen LogP contribution is 2.12. The molecule has 23 heavy (non-hydrogen) atoms. The van der Waals surface area contributed by atoms with E-state index in [1.807, 2.05) is 0 Å². The van der Waals surface area contributed by atoms with Gasteiger partial charge in [-0.3, -0.25) is 19.2 Å². The molecule has 0 radical (unpaired) electrons. The van der Waals surface area contributed by atoms with Crippen LogP contribution < -0.4 is 11.1 Å². The van der Waals surface area contributed by atoms with Crippen LogP contribution in [0.3, 0.4) is 0 Å². The Morgan fingerprint density at radius 1 is 1.22 bits per heavy atom. The molecule has 0 aliphatic carbocycles. The van der Waals surface area contributed by atoms with E-state index in [2.05, 4.69) is 17.9 Å². The molecule has 0 bridgehead atoms. The Bertz CT molecular complexity index is 457. The van der Waals surface area contributed by atoms with E-state index < -0.39 is 42.4 Å². The van der Waals surface area contributed by atoms with Gasteiger partial charge in [-0.05, 0) is 20.3 Å². The maximum Gasteiger partial charge on any atom is 0.322 e. The monoisotopic (exact) mass is 349 g/mol. The van der Waals surface area contributed by atoms with E-state index in [0.717, 1.165) is 0 Å². The largest absolute Gasteiger partial charge is 0.480 e. The van der Waals surface area contributed by atoms with Gasteiger partial charge in [-0.15, -0.1) is 0 Å². The number of thiol groups is 1. The first-order chi connectivity index (χ1) is 10.6. The van der Waals surface area contributed by atoms with Gasteiger partial charge in [0.15, 0.2) is 0 Å². The molecule has 132 valence electrons. The summed E-state index contributed by atoms with van der Waals surface area (Å²) in [6.07, 6.45) is -0.199. The standard InChI is InChI=1S/C13H23N3O6S/c1-7(2)16(10(17)4-3-8(14)13(21)22)9(6-23)12(20)15-5-11(18)19/h7-9,23H,3-6,14H2,1-2H3,(H,15,20)(H,18,19)(H,21,22)/t8-,9-/m0/s1. The first-order valence-corrected chi connectivity index (χ1v) is 7.64. The molecule has 0 aliphatic rings. The van der Waals surface area contributed by atoms with Crippen LogP contribution in [-0.4, -0.2) is 69.3 Å². The molecule has 0 aromatic rings. The van der Waals surface area contributed by atoms with Crippen LogP contribution in [-0.2, 0) is 19.2 Å². The van der Waals surface area contributed by atoms with Crippen LogP contribution in [0.1, 0.15) is 26.7 Å². The minimum atomic E-state index is -1.21. The molecule has 0 unspecified atom stereocenters. The van der Waals surface area contributed by atoms with E-state index >= 15 is 0 Å². The number of carbonyl (C=O) groups excluding carboxylic acids is 2. The zero-order valence-corrected chi connectivity index (χ0v) is 14.0. The van der Waals surface area contributed by atoms with Crippen molar-refractivity contribution in [2.24, 2.45) is 5.73 Å². The van der Waals surface area contributed by atoms with Crippen LogP contribution in [0, 0.1) is 0 Å². The number of hydrogen-bond donors (Lipinski definition) is 5. The second kappa shape index (κ2) is 10.1. The van der Waals surface area contributed by atoms with E-state index in [9.17, 15) is 19.2 Å². The number of carboxylic acids is 2. The van der Waals surface area contributed by atoms with Crippen LogP contribution in [0.5, 0.6) is 0 Å². The Balaban J connectivity index is 4.96. The van der Waals surface area contributed by atoms with Crippen LogP contribution in [0.4, 0.5) is 0 Å². The lowest BCUT2D eigenvalue weighted by Gasteiger charge is -2.33. The minimum absolute atomic E-state index is 0.000354. The van der Waals surface area contributed by atoms with Crippen molar-refractivity contribution in [1.82, 2.24) is 10.2 Å². The van der Waals surface area contributed by atoms with Crippen molar-refractivity contribution in [1.29, 1.82) is 0 Å². The smallest absolute Gasteiger partial charge is 0.322 e. The van der Waals surface area contributed by atoms with Gasteiger partial charge in [0, 0.05) is 18.2 Å². The molecule has 0 saturated heterocycles. The molecule has 0 aliphatic heterocycles. The molecule has 5 N–H and O–H groups in total. The van der Waals surface area contributed by atoms with Crippen molar-refractivity contribution in [2.75, 3.05) is 12.3 Å². The third-order valence-corrected chi connectivity index (χ3v) is 3.40. The number of amides is 2. The summed E-state index contributed by atoms with van der Waals surface area (Å²) < 4.78 is 0. The van der Waals surface area contributed by atoms with E-state index in [1.54, 1.807) is 13.8 Å². The summed E-state index contributed by atoms with van der Waals surface area (Å²) in [7, 11) is 0. The van der Waals surface area contributed by atoms with Crippen LogP contribution in [0.15, 0.2) is 0 Å². The summed E-state index contributed by atoms with van der Waals surface area (Å²) in [6, 6.07) is -2.47. The van der Waals surface area contributed by atoms with Gasteiger partial charge < -0.3 is 26.2 Å². The average Bonchev–Trinajstić information content (AvgIpc) is 2.46. The first kappa shape index (κ1) is 21.2. The van der Waals surface area contributed by atoms with Crippen molar-refractivity contribution < 1.29 is 29.4 Å². The highest BCUT2D eigenvalue weighted by atomic mass is 32.1. The van der Waals surface area contributed by atoms with Crippen LogP contribution >= 0.6 is 12.6 Å². The first-order valence-electron chi connectivity index (χ1n) is 7.01. The fourth-order valence-corrected chi connectivity index (χ4v) is 2.27. The normalized spacial score (nSPS) is 13.3. The minimum Gasteiger partial charge on any atom is -0.480 e. The second-order valence-corrected chi connectivity index (χ2v) is 5.55. The predicted octanol–water partition coefficient (Wildman–Crippen LogP) is -1.09. The number of nitrogens with two attached hydrogens (primary N) is 1. The third-order valence-electron chi connectivity index (χ3n) is 3.06. The molecule has 9 nitrogen and oxygen atoms in total. The SMILES string of the molecule is CC(C)N(C(=O)CC[C@H](N)C(=O)O)[C@@H](CS)C(=O)NCC(=O)O. The van der Waals surface area contributed by atoms with Crippen LogP contribution in [0.25, 0.3) is 0 Å². The molecule has 0 fully saturated rings. The van der Waals surface area contributed by atoms with E-state index in [4.69, 9.17) is 15.9 Å². The Morgan fingerprint density at radius 3 is 2.17 bits per heavy atom. The van der Waals surface area contributed by atoms with Gasteiger partial charge in [0.05, 0.1) is 0 Å². The summed E-state index contributed by atoms with van der Waals surface area (Å²) in [5, 5.41) is 19.5. The fourth-order valence-electron chi connectivity index (χ4n) is 1.93. The quantitative estimate of drug-likeness (QED) is 0.315. The van der Waals surface area contributed by atoms with Crippen molar-refractivity contribution in [3.8, 4) is 0 Å². The summed E-state index contributed by atoms with van der Waals surface area (Å²) in [5.74, 6) is -3.49. The van der Waals surface area contributed by atoms with E-state index in [0.29, 0.717) is 0 Å². The lowest BCUT2D eigenvalue weighted by atomic mass is 10.1. The second-order valence-electron chi connectivity index (χ2n) is 5.19. The zero-order chi connectivity index (χ0) is 18.2. The summed E-state index contributed by atoms with van der Waals surface area (Å²) >= 11 is 4.05. The molecule has 0 rings (SSSR count). The maximum absolute atomic E-state index is 12.3. The predicted molar refractivity (Wildman–Crippen MR) is 85.1 cm³/mol. The number of carboxylic acid groups (broad SMARTS) is 2. The van der Waals surface area contributed by atoms with Gasteiger partial charge in [0.25, 0.3) is 0 Å². The van der Waals surface area contributed by atoms with Gasteiger partial charge in [-0.2, -0.15) is 12.6 Å². The number of nitrogens with zero attached hydrogens (tertiary/aromatic N) is 1. The Morgan fingerprint density at radius 2 is 1.78 bits per heavy atom. The number of carbonyl (C=O) groups is 4. The van der Waals surface area contributed by atoms with Crippen LogP contribution in [0.2, 0.25) is 0 Å². The molecule has 10 heteroatoms. The third kappa shape index (κ3) is 7.33. The summed E-state index contributed by atoms with van der Waals surface area (Å²) in [4.78, 5) is 46.8. The van der Waals surface area contributed by atoms with Gasteiger partial charge >= 0.3 is 11.9 Å². The molecule has 0 heterocycles. The number of hydrogen-bond acceptors (Lipinski definition) is 6. The molecule has 0 saturated carbocycles. The highest BCUT2D eigenvalue weighted by Gasteiger charge is 2.31. The lowest BCUT2D eigenvalue weighted by Crippen LogP contribution is -2.54. The highest BCUT2D eigenvalue weighted by molar-refractivity contribution is 7.80. The van der Waals surface area contributed by atoms with Crippen molar-refractivity contribution in [2.45, 2.75) is 44.8 Å². The zero-order valence-electron chi connectivity index (χ0n) is 13.1. The Labute approximate surface area is 139 Å². The van der Waals surface area contributed by atoms with E-state index in [1.165, 1.54) is 4.90 Å². The molecular weight excluding hydrogens is 326 g/mol. The lowest BCUT2D eigenvalue weighted by molar-refractivity contribution is -0.143. The van der Waals surface area contributed by atoms with Crippen molar-refractivity contribution >= 4 is 36.4 Å². The molecule has 0 aromatic carbocycles. The van der Waals surface area contributed by atoms with Gasteiger partial charge in [-0.25, -0.2) is 0 Å². The molecule has 2 atom stereocenters. The number of aliphatic carboxylic acids is 2. The fraction of sp³-hybridized carbons (Fsp3) is 0.692. The molecule has 2 amide bonds. The molecular formula is C13H23N3O6S. The number of nitrogens with one attached hydrogen (secondary N) is 1. The van der Waals surface area contributed by atoms with Crippen molar-refractivity contribution in [3.63, 3.8) is 0 Å². The summed E-state index contributed by atoms with van der Waals surface area (Å²) in [6.45, 7) is 2.82. The topological polar surface area (TPSA) is 150 Å². The molecule has 0 spiro atoms. The Kier molecular flexibility index (Phi) is 9.27. The summed E-state index contributed by atoms with van der Waals surface area (Å²) in [5.41, 5.74) is 5.36.